The SMILES string of the molecule is CC(C(C)C(OO)C1CC2CCC1(C)C2(C)C)C(OO)C1CC2CCC1(C)C2(C)C. The minimum atomic E-state index is -0.216. The predicted octanol–water partition coefficient (Wildman–Crippen LogP) is 6.90. The Morgan fingerprint density at radius 3 is 1.20 bits per heavy atom. The van der Waals surface area contributed by atoms with Gasteiger partial charge in [0.25, 0.3) is 0 Å². The molecule has 0 spiro atoms. The molecule has 4 fully saturated rings. The first kappa shape index (κ1) is 23.0. The van der Waals surface area contributed by atoms with Gasteiger partial charge in [-0.25, -0.2) is 9.78 Å². The predicted molar refractivity (Wildman–Crippen MR) is 119 cm³/mol. The van der Waals surface area contributed by atoms with Crippen LogP contribution in [0.25, 0.3) is 0 Å². The van der Waals surface area contributed by atoms with Gasteiger partial charge in [0.15, 0.2) is 0 Å². The molecular weight excluding hydrogens is 376 g/mol. The maximum Gasteiger partial charge on any atom is 0.0989 e. The maximum absolute atomic E-state index is 10.1. The van der Waals surface area contributed by atoms with Crippen LogP contribution in [0, 0.1) is 57.2 Å². The van der Waals surface area contributed by atoms with E-state index in [1.54, 1.807) is 0 Å². The second kappa shape index (κ2) is 7.17. The molecule has 4 nitrogen and oxygen atoms in total. The van der Waals surface area contributed by atoms with E-state index in [4.69, 9.17) is 9.78 Å². The van der Waals surface area contributed by atoms with Gasteiger partial charge in [-0.1, -0.05) is 55.4 Å². The third-order valence-corrected chi connectivity index (χ3v) is 12.6. The lowest BCUT2D eigenvalue weighted by atomic mass is 9.61. The van der Waals surface area contributed by atoms with Crippen molar-refractivity contribution in [2.24, 2.45) is 57.2 Å². The van der Waals surface area contributed by atoms with E-state index in [9.17, 15) is 10.5 Å². The first-order valence-corrected chi connectivity index (χ1v) is 12.5. The first-order chi connectivity index (χ1) is 13.9. The topological polar surface area (TPSA) is 58.9 Å². The third kappa shape index (κ3) is 2.72. The highest BCUT2D eigenvalue weighted by atomic mass is 17.1. The summed E-state index contributed by atoms with van der Waals surface area (Å²) in [5.74, 6) is 2.33. The zero-order chi connectivity index (χ0) is 22.3. The Balaban J connectivity index is 1.56. The summed E-state index contributed by atoms with van der Waals surface area (Å²) in [5, 5.41) is 20.1. The second-order valence-electron chi connectivity index (χ2n) is 13.3. The van der Waals surface area contributed by atoms with Crippen LogP contribution in [-0.4, -0.2) is 22.7 Å². The van der Waals surface area contributed by atoms with Gasteiger partial charge in [-0.15, -0.1) is 0 Å². The van der Waals surface area contributed by atoms with E-state index in [2.05, 4.69) is 55.4 Å². The number of hydrogen-bond acceptors (Lipinski definition) is 4. The number of fused-ring (bicyclic) bond motifs is 4. The Morgan fingerprint density at radius 2 is 1.00 bits per heavy atom. The molecule has 0 aliphatic heterocycles. The Labute approximate surface area is 184 Å². The molecule has 0 aromatic carbocycles. The first-order valence-electron chi connectivity index (χ1n) is 12.5. The Kier molecular flexibility index (Phi) is 5.50. The molecule has 4 aliphatic carbocycles. The Hall–Kier alpha value is -0.160. The Bertz CT molecular complexity index is 603. The van der Waals surface area contributed by atoms with Crippen LogP contribution in [0.3, 0.4) is 0 Å². The molecule has 174 valence electrons. The van der Waals surface area contributed by atoms with Crippen molar-refractivity contribution in [2.45, 2.75) is 106 Å². The van der Waals surface area contributed by atoms with Gasteiger partial charge in [-0.3, -0.25) is 10.5 Å². The van der Waals surface area contributed by atoms with E-state index in [0.29, 0.717) is 23.7 Å². The fraction of sp³-hybridized carbons (Fsp3) is 1.00. The molecule has 10 unspecified atom stereocenters. The molecule has 0 saturated heterocycles. The third-order valence-electron chi connectivity index (χ3n) is 12.6. The van der Waals surface area contributed by atoms with Crippen LogP contribution in [0.2, 0.25) is 0 Å². The molecule has 4 heteroatoms. The zero-order valence-electron chi connectivity index (χ0n) is 20.6. The summed E-state index contributed by atoms with van der Waals surface area (Å²) in [6.07, 6.45) is 6.85. The molecule has 0 amide bonds. The highest BCUT2D eigenvalue weighted by Crippen LogP contribution is 2.71. The highest BCUT2D eigenvalue weighted by molar-refractivity contribution is 5.14. The van der Waals surface area contributed by atoms with E-state index >= 15 is 0 Å². The zero-order valence-corrected chi connectivity index (χ0v) is 20.6. The summed E-state index contributed by atoms with van der Waals surface area (Å²) >= 11 is 0. The van der Waals surface area contributed by atoms with E-state index in [-0.39, 0.29) is 45.7 Å². The average Bonchev–Trinajstić information content (AvgIpc) is 3.21. The van der Waals surface area contributed by atoms with Crippen molar-refractivity contribution >= 4 is 0 Å². The molecule has 4 bridgehead atoms. The molecule has 4 saturated carbocycles. The fourth-order valence-electron chi connectivity index (χ4n) is 9.19. The maximum atomic E-state index is 10.1. The van der Waals surface area contributed by atoms with Crippen molar-refractivity contribution in [1.82, 2.24) is 0 Å². The van der Waals surface area contributed by atoms with Gasteiger partial charge in [0.2, 0.25) is 0 Å². The van der Waals surface area contributed by atoms with Crippen LogP contribution in [0.4, 0.5) is 0 Å². The fourth-order valence-corrected chi connectivity index (χ4v) is 9.19. The molecular formula is C26H46O4. The summed E-state index contributed by atoms with van der Waals surface area (Å²) in [7, 11) is 0. The molecule has 0 aromatic rings. The highest BCUT2D eigenvalue weighted by Gasteiger charge is 2.66. The van der Waals surface area contributed by atoms with Gasteiger partial charge in [-0.05, 0) is 95.7 Å². The summed E-state index contributed by atoms with van der Waals surface area (Å²) < 4.78 is 0. The van der Waals surface area contributed by atoms with Crippen LogP contribution in [0.15, 0.2) is 0 Å². The molecule has 30 heavy (non-hydrogen) atoms. The largest absolute Gasteiger partial charge is 0.252 e. The van der Waals surface area contributed by atoms with Crippen molar-refractivity contribution in [1.29, 1.82) is 0 Å². The van der Waals surface area contributed by atoms with E-state index in [1.807, 2.05) is 0 Å². The number of hydrogen-bond donors (Lipinski definition) is 2. The monoisotopic (exact) mass is 422 g/mol. The molecule has 2 N–H and O–H groups in total. The van der Waals surface area contributed by atoms with Crippen molar-refractivity contribution < 1.29 is 20.3 Å². The number of rotatable bonds is 7. The molecule has 4 aliphatic rings. The average molecular weight is 423 g/mol. The van der Waals surface area contributed by atoms with E-state index < -0.39 is 0 Å². The smallest absolute Gasteiger partial charge is 0.0989 e. The van der Waals surface area contributed by atoms with Gasteiger partial charge in [-0.2, -0.15) is 0 Å². The lowest BCUT2D eigenvalue weighted by Crippen LogP contribution is -2.48. The van der Waals surface area contributed by atoms with Gasteiger partial charge in [0, 0.05) is 0 Å². The van der Waals surface area contributed by atoms with Gasteiger partial charge < -0.3 is 0 Å². The standard InChI is InChI=1S/C26H46O4/c1-15(21(29-27)19-13-17-9-11-25(19,7)23(17,3)4)16(2)22(30-28)20-14-18-10-12-26(20,8)24(18,5)6/h15-22,27-28H,9-14H2,1-8H3. The van der Waals surface area contributed by atoms with Crippen LogP contribution in [0.1, 0.15) is 93.9 Å². The molecule has 10 atom stereocenters. The normalized spacial score (nSPS) is 47.4. The summed E-state index contributed by atoms with van der Waals surface area (Å²) in [6, 6.07) is 0. The molecule has 0 aromatic heterocycles. The van der Waals surface area contributed by atoms with Gasteiger partial charge in [0.05, 0.1) is 12.2 Å². The van der Waals surface area contributed by atoms with Crippen LogP contribution in [0.5, 0.6) is 0 Å². The minimum Gasteiger partial charge on any atom is -0.252 e. The lowest BCUT2D eigenvalue weighted by molar-refractivity contribution is -0.335. The summed E-state index contributed by atoms with van der Waals surface area (Å²) in [6.45, 7) is 18.8. The molecule has 0 heterocycles. The Morgan fingerprint density at radius 1 is 0.667 bits per heavy atom. The van der Waals surface area contributed by atoms with Crippen LogP contribution < -0.4 is 0 Å². The van der Waals surface area contributed by atoms with Gasteiger partial charge >= 0.3 is 0 Å². The molecule has 0 radical (unpaired) electrons. The lowest BCUT2D eigenvalue weighted by Gasteiger charge is -2.47. The second-order valence-corrected chi connectivity index (χ2v) is 13.3. The van der Waals surface area contributed by atoms with Crippen molar-refractivity contribution in [3.05, 3.63) is 0 Å². The van der Waals surface area contributed by atoms with Crippen LogP contribution in [-0.2, 0) is 9.78 Å². The molecule has 4 rings (SSSR count). The van der Waals surface area contributed by atoms with E-state index in [1.165, 1.54) is 25.7 Å². The quantitative estimate of drug-likeness (QED) is 0.346. The van der Waals surface area contributed by atoms with Crippen molar-refractivity contribution in [2.75, 3.05) is 0 Å². The van der Waals surface area contributed by atoms with E-state index in [0.717, 1.165) is 12.8 Å². The van der Waals surface area contributed by atoms with Crippen molar-refractivity contribution in [3.8, 4) is 0 Å². The van der Waals surface area contributed by atoms with Crippen LogP contribution >= 0.6 is 0 Å². The minimum absolute atomic E-state index is 0.106. The van der Waals surface area contributed by atoms with Crippen molar-refractivity contribution in [3.63, 3.8) is 0 Å². The van der Waals surface area contributed by atoms with Gasteiger partial charge in [0.1, 0.15) is 0 Å². The summed E-state index contributed by atoms with van der Waals surface area (Å²) in [4.78, 5) is 10.6. The summed E-state index contributed by atoms with van der Waals surface area (Å²) in [5.41, 5.74) is 0.947.